The number of nitrogens with zero attached hydrogens (tertiary/aromatic N) is 1. The lowest BCUT2D eigenvalue weighted by molar-refractivity contribution is 0.473. The number of thioether (sulfide) groups is 1. The fourth-order valence-electron chi connectivity index (χ4n) is 2.42. The minimum Gasteiger partial charge on any atom is -0.508 e. The second kappa shape index (κ2) is 6.92. The van der Waals surface area contributed by atoms with Crippen LogP contribution in [-0.4, -0.2) is 15.1 Å². The molecule has 1 aromatic carbocycles. The Hall–Kier alpha value is -2.54. The van der Waals surface area contributed by atoms with Crippen LogP contribution in [0.2, 0.25) is 0 Å². The van der Waals surface area contributed by atoms with Crippen molar-refractivity contribution in [1.29, 1.82) is 0 Å². The van der Waals surface area contributed by atoms with Crippen LogP contribution in [0.15, 0.2) is 49.5 Å². The molecule has 0 saturated heterocycles. The van der Waals surface area contributed by atoms with Crippen molar-refractivity contribution in [3.05, 3.63) is 62.4 Å². The Morgan fingerprint density at radius 1 is 1.25 bits per heavy atom. The lowest BCUT2D eigenvalue weighted by atomic mass is 10.1. The summed E-state index contributed by atoms with van der Waals surface area (Å²) in [5.74, 6) is 0.486. The first-order chi connectivity index (χ1) is 11.5. The minimum atomic E-state index is -0.482. The maximum Gasteiger partial charge on any atom is 0.336 e. The van der Waals surface area contributed by atoms with Crippen LogP contribution < -0.4 is 11.2 Å². The highest BCUT2D eigenvalue weighted by atomic mass is 32.2. The van der Waals surface area contributed by atoms with Crippen molar-refractivity contribution in [1.82, 2.24) is 9.97 Å². The average Bonchev–Trinajstić information content (AvgIpc) is 2.52. The minimum absolute atomic E-state index is 0.0358. The number of H-pyrrole nitrogens is 1. The maximum absolute atomic E-state index is 11.7. The van der Waals surface area contributed by atoms with Gasteiger partial charge in [-0.05, 0) is 24.1 Å². The Morgan fingerprint density at radius 2 is 2.08 bits per heavy atom. The molecule has 3 rings (SSSR count). The number of aromatic amines is 1. The summed E-state index contributed by atoms with van der Waals surface area (Å²) >= 11 is 1.35. The maximum atomic E-state index is 11.7. The van der Waals surface area contributed by atoms with E-state index in [9.17, 15) is 14.7 Å². The molecule has 2 heterocycles. The zero-order valence-corrected chi connectivity index (χ0v) is 13.9. The Balaban J connectivity index is 1.91. The number of hydrogen-bond donors (Lipinski definition) is 2. The van der Waals surface area contributed by atoms with Crippen molar-refractivity contribution < 1.29 is 9.52 Å². The quantitative estimate of drug-likeness (QED) is 0.420. The summed E-state index contributed by atoms with van der Waals surface area (Å²) in [6, 6.07) is 7.57. The van der Waals surface area contributed by atoms with Crippen LogP contribution in [0.3, 0.4) is 0 Å². The predicted octanol–water partition coefficient (Wildman–Crippen LogP) is 2.83. The Labute approximate surface area is 141 Å². The number of benzene rings is 1. The van der Waals surface area contributed by atoms with E-state index in [0.717, 1.165) is 29.5 Å². The fourth-order valence-corrected chi connectivity index (χ4v) is 3.31. The van der Waals surface area contributed by atoms with Gasteiger partial charge in [-0.1, -0.05) is 25.1 Å². The van der Waals surface area contributed by atoms with Gasteiger partial charge >= 0.3 is 5.63 Å². The Morgan fingerprint density at radius 3 is 2.88 bits per heavy atom. The molecule has 0 unspecified atom stereocenters. The molecule has 0 saturated carbocycles. The van der Waals surface area contributed by atoms with E-state index in [4.69, 9.17) is 4.42 Å². The first-order valence-corrected chi connectivity index (χ1v) is 8.52. The van der Waals surface area contributed by atoms with E-state index < -0.39 is 5.63 Å². The molecule has 0 bridgehead atoms. The van der Waals surface area contributed by atoms with Crippen LogP contribution in [-0.2, 0) is 12.2 Å². The second-order valence-electron chi connectivity index (χ2n) is 5.35. The number of aryl methyl sites for hydroxylation is 1. The SMILES string of the molecule is CCCc1cc(=O)[nH]c(SCc2cc(=O)oc3cc(O)ccc23)n1. The summed E-state index contributed by atoms with van der Waals surface area (Å²) in [6.45, 7) is 2.03. The van der Waals surface area contributed by atoms with Gasteiger partial charge < -0.3 is 14.5 Å². The summed E-state index contributed by atoms with van der Waals surface area (Å²) in [6.07, 6.45) is 1.66. The monoisotopic (exact) mass is 344 g/mol. The summed E-state index contributed by atoms with van der Waals surface area (Å²) in [5, 5.41) is 10.8. The largest absolute Gasteiger partial charge is 0.508 e. The smallest absolute Gasteiger partial charge is 0.336 e. The molecule has 6 nitrogen and oxygen atoms in total. The van der Waals surface area contributed by atoms with Gasteiger partial charge in [-0.25, -0.2) is 9.78 Å². The predicted molar refractivity (Wildman–Crippen MR) is 92.6 cm³/mol. The number of rotatable bonds is 5. The molecule has 124 valence electrons. The second-order valence-corrected chi connectivity index (χ2v) is 6.32. The summed E-state index contributed by atoms with van der Waals surface area (Å²) in [4.78, 5) is 30.5. The van der Waals surface area contributed by atoms with Crippen molar-refractivity contribution in [2.45, 2.75) is 30.7 Å². The molecule has 0 aliphatic carbocycles. The molecule has 0 atom stereocenters. The Kier molecular flexibility index (Phi) is 4.71. The van der Waals surface area contributed by atoms with E-state index in [1.54, 1.807) is 12.1 Å². The molecular weight excluding hydrogens is 328 g/mol. The van der Waals surface area contributed by atoms with Crippen LogP contribution in [0, 0.1) is 0 Å². The van der Waals surface area contributed by atoms with E-state index in [1.807, 2.05) is 6.92 Å². The molecular formula is C17H16N2O4S. The van der Waals surface area contributed by atoms with Crippen LogP contribution in [0.1, 0.15) is 24.6 Å². The van der Waals surface area contributed by atoms with Gasteiger partial charge in [0.15, 0.2) is 5.16 Å². The van der Waals surface area contributed by atoms with Gasteiger partial charge in [0.25, 0.3) is 5.56 Å². The van der Waals surface area contributed by atoms with E-state index in [1.165, 1.54) is 30.0 Å². The van der Waals surface area contributed by atoms with Crippen molar-refractivity contribution in [2.24, 2.45) is 0 Å². The number of nitrogens with one attached hydrogen (secondary N) is 1. The van der Waals surface area contributed by atoms with Crippen LogP contribution >= 0.6 is 11.8 Å². The highest BCUT2D eigenvalue weighted by molar-refractivity contribution is 7.98. The summed E-state index contributed by atoms with van der Waals surface area (Å²) in [5.41, 5.74) is 1.18. The van der Waals surface area contributed by atoms with Crippen LogP contribution in [0.5, 0.6) is 5.75 Å². The average molecular weight is 344 g/mol. The van der Waals surface area contributed by atoms with Crippen molar-refractivity contribution in [3.8, 4) is 5.75 Å². The number of aromatic nitrogens is 2. The van der Waals surface area contributed by atoms with Gasteiger partial charge in [-0.15, -0.1) is 0 Å². The molecule has 0 radical (unpaired) electrons. The highest BCUT2D eigenvalue weighted by Crippen LogP contribution is 2.26. The highest BCUT2D eigenvalue weighted by Gasteiger charge is 2.09. The van der Waals surface area contributed by atoms with Crippen LogP contribution in [0.4, 0.5) is 0 Å². The zero-order valence-electron chi connectivity index (χ0n) is 13.0. The number of phenols is 1. The number of fused-ring (bicyclic) bond motifs is 1. The zero-order chi connectivity index (χ0) is 17.1. The third-order valence-corrected chi connectivity index (χ3v) is 4.38. The normalized spacial score (nSPS) is 11.0. The first kappa shape index (κ1) is 16.3. The number of phenolic OH excluding ortho intramolecular Hbond substituents is 1. The van der Waals surface area contributed by atoms with E-state index >= 15 is 0 Å². The van der Waals surface area contributed by atoms with Gasteiger partial charge in [0.2, 0.25) is 0 Å². The van der Waals surface area contributed by atoms with Crippen LogP contribution in [0.25, 0.3) is 11.0 Å². The van der Waals surface area contributed by atoms with Gasteiger partial charge in [0.1, 0.15) is 11.3 Å². The topological polar surface area (TPSA) is 96.2 Å². The van der Waals surface area contributed by atoms with Crippen molar-refractivity contribution in [2.75, 3.05) is 0 Å². The Bertz CT molecular complexity index is 994. The molecule has 0 fully saturated rings. The van der Waals surface area contributed by atoms with Crippen molar-refractivity contribution >= 4 is 22.7 Å². The lowest BCUT2D eigenvalue weighted by Gasteiger charge is -2.06. The van der Waals surface area contributed by atoms with Gasteiger partial charge in [0, 0.05) is 35.0 Å². The number of aromatic hydroxyl groups is 1. The standard InChI is InChI=1S/C17H16N2O4S/c1-2-3-11-7-15(21)19-17(18-11)24-9-10-6-16(22)23-14-8-12(20)4-5-13(10)14/h4-8,20H,2-3,9H2,1H3,(H,18,19,21). The third kappa shape index (κ3) is 3.68. The molecule has 0 amide bonds. The summed E-state index contributed by atoms with van der Waals surface area (Å²) in [7, 11) is 0. The molecule has 3 aromatic rings. The van der Waals surface area contributed by atoms with Crippen molar-refractivity contribution in [3.63, 3.8) is 0 Å². The van der Waals surface area contributed by atoms with E-state index in [2.05, 4.69) is 9.97 Å². The fraction of sp³-hybridized carbons (Fsp3) is 0.235. The molecule has 2 aromatic heterocycles. The van der Waals surface area contributed by atoms with E-state index in [-0.39, 0.29) is 11.3 Å². The molecule has 0 spiro atoms. The lowest BCUT2D eigenvalue weighted by Crippen LogP contribution is -2.10. The van der Waals surface area contributed by atoms with Gasteiger partial charge in [-0.2, -0.15) is 0 Å². The first-order valence-electron chi connectivity index (χ1n) is 7.54. The van der Waals surface area contributed by atoms with Gasteiger partial charge in [0.05, 0.1) is 0 Å². The molecule has 2 N–H and O–H groups in total. The van der Waals surface area contributed by atoms with Gasteiger partial charge in [-0.3, -0.25) is 4.79 Å². The third-order valence-electron chi connectivity index (χ3n) is 3.46. The molecule has 24 heavy (non-hydrogen) atoms. The number of hydrogen-bond acceptors (Lipinski definition) is 6. The molecule has 0 aliphatic rings. The van der Waals surface area contributed by atoms with E-state index in [0.29, 0.717) is 16.5 Å². The summed E-state index contributed by atoms with van der Waals surface area (Å²) < 4.78 is 5.11. The molecule has 0 aliphatic heterocycles. The molecule has 7 heteroatoms.